The van der Waals surface area contributed by atoms with Crippen molar-refractivity contribution in [3.63, 3.8) is 0 Å². The fourth-order valence-corrected chi connectivity index (χ4v) is 1.79. The highest BCUT2D eigenvalue weighted by atomic mass is 16.3. The normalized spacial score (nSPS) is 27.8. The molecular weight excluding hydrogens is 162 g/mol. The van der Waals surface area contributed by atoms with Gasteiger partial charge in [0.25, 0.3) is 0 Å². The van der Waals surface area contributed by atoms with Crippen LogP contribution in [0.5, 0.6) is 0 Å². The fourth-order valence-electron chi connectivity index (χ4n) is 1.79. The van der Waals surface area contributed by atoms with Gasteiger partial charge in [0.2, 0.25) is 0 Å². The SMILES string of the molecule is CC#CCCN[C@@H]1CCCC[C@H]1O. The molecule has 0 aromatic heterocycles. The van der Waals surface area contributed by atoms with Crippen LogP contribution in [0.25, 0.3) is 0 Å². The highest BCUT2D eigenvalue weighted by molar-refractivity contribution is 4.95. The molecule has 2 N–H and O–H groups in total. The van der Waals surface area contributed by atoms with E-state index in [0.29, 0.717) is 6.04 Å². The molecule has 0 amide bonds. The van der Waals surface area contributed by atoms with Gasteiger partial charge in [0.15, 0.2) is 0 Å². The van der Waals surface area contributed by atoms with Crippen molar-refractivity contribution < 1.29 is 5.11 Å². The minimum absolute atomic E-state index is 0.136. The second-order valence-electron chi connectivity index (χ2n) is 3.59. The van der Waals surface area contributed by atoms with E-state index in [2.05, 4.69) is 17.2 Å². The molecule has 1 saturated carbocycles. The molecule has 0 unspecified atom stereocenters. The van der Waals surface area contributed by atoms with Crippen molar-refractivity contribution >= 4 is 0 Å². The largest absolute Gasteiger partial charge is 0.392 e. The summed E-state index contributed by atoms with van der Waals surface area (Å²) >= 11 is 0. The van der Waals surface area contributed by atoms with Crippen LogP contribution in [0.3, 0.4) is 0 Å². The summed E-state index contributed by atoms with van der Waals surface area (Å²) < 4.78 is 0. The van der Waals surface area contributed by atoms with Crippen molar-refractivity contribution in [1.82, 2.24) is 5.32 Å². The molecule has 2 heteroatoms. The zero-order valence-corrected chi connectivity index (χ0v) is 8.34. The molecule has 0 heterocycles. The van der Waals surface area contributed by atoms with Gasteiger partial charge in [0.1, 0.15) is 0 Å². The van der Waals surface area contributed by atoms with E-state index < -0.39 is 0 Å². The van der Waals surface area contributed by atoms with E-state index in [1.807, 2.05) is 6.92 Å². The van der Waals surface area contributed by atoms with Crippen molar-refractivity contribution in [1.29, 1.82) is 0 Å². The van der Waals surface area contributed by atoms with Gasteiger partial charge in [-0.25, -0.2) is 0 Å². The van der Waals surface area contributed by atoms with E-state index in [9.17, 15) is 5.11 Å². The van der Waals surface area contributed by atoms with Crippen LogP contribution in [0, 0.1) is 11.8 Å². The van der Waals surface area contributed by atoms with Crippen LogP contribution < -0.4 is 5.32 Å². The third-order valence-corrected chi connectivity index (χ3v) is 2.56. The van der Waals surface area contributed by atoms with Gasteiger partial charge in [-0.1, -0.05) is 12.8 Å². The second-order valence-corrected chi connectivity index (χ2v) is 3.59. The molecule has 0 bridgehead atoms. The summed E-state index contributed by atoms with van der Waals surface area (Å²) in [6.07, 6.45) is 5.24. The lowest BCUT2D eigenvalue weighted by Crippen LogP contribution is -2.42. The van der Waals surface area contributed by atoms with Gasteiger partial charge < -0.3 is 10.4 Å². The van der Waals surface area contributed by atoms with Crippen molar-refractivity contribution in [3.8, 4) is 11.8 Å². The number of rotatable bonds is 3. The first kappa shape index (κ1) is 10.6. The Morgan fingerprint density at radius 2 is 2.15 bits per heavy atom. The van der Waals surface area contributed by atoms with Gasteiger partial charge in [-0.15, -0.1) is 11.8 Å². The van der Waals surface area contributed by atoms with Crippen molar-refractivity contribution in [2.75, 3.05) is 6.54 Å². The molecule has 0 aliphatic heterocycles. The van der Waals surface area contributed by atoms with Gasteiger partial charge >= 0.3 is 0 Å². The molecule has 1 aliphatic carbocycles. The zero-order chi connectivity index (χ0) is 9.52. The Morgan fingerprint density at radius 1 is 1.38 bits per heavy atom. The summed E-state index contributed by atoms with van der Waals surface area (Å²) in [5.41, 5.74) is 0. The van der Waals surface area contributed by atoms with Gasteiger partial charge in [-0.3, -0.25) is 0 Å². The average molecular weight is 181 g/mol. The van der Waals surface area contributed by atoms with Crippen LogP contribution in [0.4, 0.5) is 0 Å². The minimum atomic E-state index is -0.136. The van der Waals surface area contributed by atoms with Crippen LogP contribution in [0.15, 0.2) is 0 Å². The highest BCUT2D eigenvalue weighted by Gasteiger charge is 2.21. The third-order valence-electron chi connectivity index (χ3n) is 2.56. The molecule has 0 spiro atoms. The second kappa shape index (κ2) is 6.01. The van der Waals surface area contributed by atoms with Crippen LogP contribution in [0.1, 0.15) is 39.0 Å². The first-order chi connectivity index (χ1) is 6.34. The van der Waals surface area contributed by atoms with E-state index in [0.717, 1.165) is 25.8 Å². The summed E-state index contributed by atoms with van der Waals surface area (Å²) in [6.45, 7) is 2.76. The van der Waals surface area contributed by atoms with Gasteiger partial charge in [-0.05, 0) is 19.8 Å². The Kier molecular flexibility index (Phi) is 4.88. The van der Waals surface area contributed by atoms with Crippen molar-refractivity contribution in [2.24, 2.45) is 0 Å². The molecule has 74 valence electrons. The Bertz CT molecular complexity index is 192. The summed E-state index contributed by atoms with van der Waals surface area (Å²) in [5, 5.41) is 13.0. The Balaban J connectivity index is 2.14. The van der Waals surface area contributed by atoms with E-state index in [1.54, 1.807) is 0 Å². The maximum Gasteiger partial charge on any atom is 0.0693 e. The van der Waals surface area contributed by atoms with Gasteiger partial charge in [0.05, 0.1) is 6.10 Å². The number of nitrogens with one attached hydrogen (secondary N) is 1. The number of aliphatic hydroxyl groups is 1. The standard InChI is InChI=1S/C11H19NO/c1-2-3-6-9-12-10-7-4-5-8-11(10)13/h10-13H,4-9H2,1H3/t10-,11-/m1/s1. The van der Waals surface area contributed by atoms with E-state index >= 15 is 0 Å². The lowest BCUT2D eigenvalue weighted by Gasteiger charge is -2.28. The minimum Gasteiger partial charge on any atom is -0.392 e. The maximum atomic E-state index is 9.63. The molecule has 1 aliphatic rings. The summed E-state index contributed by atoms with van der Waals surface area (Å²) in [7, 11) is 0. The molecule has 1 fully saturated rings. The molecule has 0 radical (unpaired) electrons. The number of hydrogen-bond acceptors (Lipinski definition) is 2. The zero-order valence-electron chi connectivity index (χ0n) is 8.34. The van der Waals surface area contributed by atoms with Crippen molar-refractivity contribution in [2.45, 2.75) is 51.2 Å². The Labute approximate surface area is 80.7 Å². The molecule has 0 aromatic carbocycles. The van der Waals surface area contributed by atoms with E-state index in [1.165, 1.54) is 12.8 Å². The van der Waals surface area contributed by atoms with E-state index in [4.69, 9.17) is 0 Å². The predicted octanol–water partition coefficient (Wildman–Crippen LogP) is 1.29. The van der Waals surface area contributed by atoms with Crippen LogP contribution >= 0.6 is 0 Å². The Morgan fingerprint density at radius 3 is 2.85 bits per heavy atom. The average Bonchev–Trinajstić information content (AvgIpc) is 2.15. The third kappa shape index (κ3) is 3.80. The summed E-state index contributed by atoms with van der Waals surface area (Å²) in [6, 6.07) is 0.312. The first-order valence-corrected chi connectivity index (χ1v) is 5.15. The smallest absolute Gasteiger partial charge is 0.0693 e. The lowest BCUT2D eigenvalue weighted by atomic mass is 9.92. The molecule has 2 atom stereocenters. The van der Waals surface area contributed by atoms with Gasteiger partial charge in [0, 0.05) is 19.0 Å². The predicted molar refractivity (Wildman–Crippen MR) is 54.3 cm³/mol. The molecule has 0 saturated heterocycles. The molecule has 2 nitrogen and oxygen atoms in total. The Hall–Kier alpha value is -0.520. The lowest BCUT2D eigenvalue weighted by molar-refractivity contribution is 0.0915. The monoisotopic (exact) mass is 181 g/mol. The van der Waals surface area contributed by atoms with Crippen LogP contribution in [-0.4, -0.2) is 23.8 Å². The van der Waals surface area contributed by atoms with Crippen molar-refractivity contribution in [3.05, 3.63) is 0 Å². The van der Waals surface area contributed by atoms with Crippen LogP contribution in [-0.2, 0) is 0 Å². The fraction of sp³-hybridized carbons (Fsp3) is 0.818. The van der Waals surface area contributed by atoms with E-state index in [-0.39, 0.29) is 6.10 Å². The van der Waals surface area contributed by atoms with Gasteiger partial charge in [-0.2, -0.15) is 0 Å². The molecule has 1 rings (SSSR count). The first-order valence-electron chi connectivity index (χ1n) is 5.15. The summed E-state index contributed by atoms with van der Waals surface area (Å²) in [4.78, 5) is 0. The molecular formula is C11H19NO. The topological polar surface area (TPSA) is 32.3 Å². The molecule has 13 heavy (non-hydrogen) atoms. The van der Waals surface area contributed by atoms with Crippen LogP contribution in [0.2, 0.25) is 0 Å². The highest BCUT2D eigenvalue weighted by Crippen LogP contribution is 2.17. The number of aliphatic hydroxyl groups excluding tert-OH is 1. The molecule has 0 aromatic rings. The number of hydrogen-bond donors (Lipinski definition) is 2. The quantitative estimate of drug-likeness (QED) is 0.508. The maximum absolute atomic E-state index is 9.63. The summed E-state index contributed by atoms with van der Waals surface area (Å²) in [5.74, 6) is 5.87.